The number of benzene rings is 1. The number of ether oxygens (including phenoxy) is 1. The van der Waals surface area contributed by atoms with Gasteiger partial charge < -0.3 is 20.3 Å². The second-order valence-corrected chi connectivity index (χ2v) is 9.04. The topological polar surface area (TPSA) is 119 Å². The zero-order valence-electron chi connectivity index (χ0n) is 19.2. The van der Waals surface area contributed by atoms with Crippen LogP contribution in [0.25, 0.3) is 22.3 Å². The van der Waals surface area contributed by atoms with Crippen LogP contribution < -0.4 is 5.73 Å². The van der Waals surface area contributed by atoms with Crippen LogP contribution in [0.4, 0.5) is 5.82 Å². The van der Waals surface area contributed by atoms with E-state index in [1.165, 1.54) is 12.4 Å². The lowest BCUT2D eigenvalue weighted by molar-refractivity contribution is -0.127. The summed E-state index contributed by atoms with van der Waals surface area (Å²) in [4.78, 5) is 37.3. The van der Waals surface area contributed by atoms with Crippen LogP contribution in [-0.2, 0) is 9.53 Å². The molecule has 5 rings (SSSR count). The molecule has 182 valence electrons. The number of halogens is 1. The maximum absolute atomic E-state index is 12.9. The Morgan fingerprint density at radius 1 is 1.17 bits per heavy atom. The molecule has 2 saturated heterocycles. The van der Waals surface area contributed by atoms with Gasteiger partial charge in [0.15, 0.2) is 5.65 Å². The van der Waals surface area contributed by atoms with Gasteiger partial charge in [-0.15, -0.1) is 0 Å². The van der Waals surface area contributed by atoms with Crippen molar-refractivity contribution in [2.45, 2.75) is 18.9 Å². The molecule has 2 fully saturated rings. The van der Waals surface area contributed by atoms with Crippen molar-refractivity contribution in [3.05, 3.63) is 47.8 Å². The number of fused-ring (bicyclic) bond motifs is 1. The minimum absolute atomic E-state index is 0.0733. The maximum Gasteiger partial charge on any atom is 0.255 e. The second-order valence-electron chi connectivity index (χ2n) is 8.63. The summed E-state index contributed by atoms with van der Waals surface area (Å²) in [5.41, 5.74) is 8.56. The molecule has 2 amide bonds. The third-order valence-corrected chi connectivity index (χ3v) is 6.83. The van der Waals surface area contributed by atoms with Gasteiger partial charge in [0.1, 0.15) is 17.8 Å². The Morgan fingerprint density at radius 2 is 1.97 bits per heavy atom. The number of piperidine rings is 1. The molecule has 2 N–H and O–H groups in total. The zero-order chi connectivity index (χ0) is 24.5. The van der Waals surface area contributed by atoms with Gasteiger partial charge in [0, 0.05) is 31.7 Å². The number of likely N-dealkylation sites (tertiary alicyclic amines) is 1. The number of rotatable bonds is 4. The fourth-order valence-corrected chi connectivity index (χ4v) is 4.97. The Balaban J connectivity index is 1.52. The predicted octanol–water partition coefficient (Wildman–Crippen LogP) is 2.55. The standard InChI is InChI=1S/C24H26ClN7O3/c1-2-19(33)31-7-3-4-16(13-31)32-23-20(22(26)27-14-28-23)21(29-32)15-5-6-17(18(25)12-15)24(34)30-8-10-35-11-9-30/h2,5-6,12,14,16H,1,3-4,7-11,13H2,(H2,26,27,28)/t16-/m1/s1. The molecule has 3 aromatic rings. The number of morpholine rings is 1. The second kappa shape index (κ2) is 9.63. The van der Waals surface area contributed by atoms with Crippen molar-refractivity contribution >= 4 is 40.3 Å². The first-order chi connectivity index (χ1) is 17.0. The highest BCUT2D eigenvalue weighted by atomic mass is 35.5. The lowest BCUT2D eigenvalue weighted by atomic mass is 10.1. The van der Waals surface area contributed by atoms with E-state index in [4.69, 9.17) is 27.2 Å². The molecule has 0 unspecified atom stereocenters. The molecule has 0 aliphatic carbocycles. The van der Waals surface area contributed by atoms with E-state index in [1.807, 2.05) is 10.7 Å². The molecule has 4 heterocycles. The third kappa shape index (κ3) is 4.35. The minimum Gasteiger partial charge on any atom is -0.383 e. The van der Waals surface area contributed by atoms with Crippen LogP contribution in [0.2, 0.25) is 5.02 Å². The van der Waals surface area contributed by atoms with Gasteiger partial charge in [-0.05, 0) is 31.1 Å². The average molecular weight is 496 g/mol. The normalized spacial score (nSPS) is 18.6. The number of hydrogen-bond donors (Lipinski definition) is 1. The molecule has 35 heavy (non-hydrogen) atoms. The maximum atomic E-state index is 12.9. The van der Waals surface area contributed by atoms with E-state index in [9.17, 15) is 9.59 Å². The minimum atomic E-state index is -0.128. The highest BCUT2D eigenvalue weighted by molar-refractivity contribution is 6.34. The number of anilines is 1. The number of aromatic nitrogens is 4. The van der Waals surface area contributed by atoms with Gasteiger partial charge in [-0.3, -0.25) is 9.59 Å². The van der Waals surface area contributed by atoms with E-state index in [0.29, 0.717) is 78.1 Å². The number of carbonyl (C=O) groups is 2. The molecule has 0 bridgehead atoms. The molecule has 0 saturated carbocycles. The molecule has 1 aromatic carbocycles. The molecule has 10 nitrogen and oxygen atoms in total. The van der Waals surface area contributed by atoms with Crippen LogP contribution in [0, 0.1) is 0 Å². The lowest BCUT2D eigenvalue weighted by Gasteiger charge is -2.32. The summed E-state index contributed by atoms with van der Waals surface area (Å²) in [6, 6.07) is 5.18. The molecule has 2 aliphatic rings. The van der Waals surface area contributed by atoms with Crippen LogP contribution in [0.15, 0.2) is 37.2 Å². The van der Waals surface area contributed by atoms with Crippen molar-refractivity contribution in [2.24, 2.45) is 0 Å². The van der Waals surface area contributed by atoms with Crippen LogP contribution >= 0.6 is 11.6 Å². The first-order valence-electron chi connectivity index (χ1n) is 11.5. The largest absolute Gasteiger partial charge is 0.383 e. The molecule has 0 radical (unpaired) electrons. The summed E-state index contributed by atoms with van der Waals surface area (Å²) in [6.45, 7) is 6.88. The first-order valence-corrected chi connectivity index (χ1v) is 11.9. The monoisotopic (exact) mass is 495 g/mol. The van der Waals surface area contributed by atoms with E-state index in [-0.39, 0.29) is 17.9 Å². The quantitative estimate of drug-likeness (QED) is 0.552. The van der Waals surface area contributed by atoms with E-state index >= 15 is 0 Å². The van der Waals surface area contributed by atoms with Gasteiger partial charge >= 0.3 is 0 Å². The summed E-state index contributed by atoms with van der Waals surface area (Å²) in [6.07, 6.45) is 4.42. The van der Waals surface area contributed by atoms with E-state index in [1.54, 1.807) is 21.9 Å². The van der Waals surface area contributed by atoms with Crippen molar-refractivity contribution in [2.75, 3.05) is 45.1 Å². The van der Waals surface area contributed by atoms with Crippen molar-refractivity contribution < 1.29 is 14.3 Å². The summed E-state index contributed by atoms with van der Waals surface area (Å²) in [5.74, 6) is 0.0702. The van der Waals surface area contributed by atoms with Gasteiger partial charge in [0.2, 0.25) is 5.91 Å². The first kappa shape index (κ1) is 23.3. The Labute approximate surface area is 207 Å². The molecule has 1 atom stereocenters. The molecule has 2 aliphatic heterocycles. The predicted molar refractivity (Wildman–Crippen MR) is 132 cm³/mol. The van der Waals surface area contributed by atoms with Gasteiger partial charge in [0.05, 0.1) is 35.2 Å². The Bertz CT molecular complexity index is 1300. The zero-order valence-corrected chi connectivity index (χ0v) is 19.9. The number of carbonyl (C=O) groups excluding carboxylic acids is 2. The molecular formula is C24H26ClN7O3. The Morgan fingerprint density at radius 3 is 2.71 bits per heavy atom. The van der Waals surface area contributed by atoms with Crippen LogP contribution in [0.1, 0.15) is 29.2 Å². The van der Waals surface area contributed by atoms with Crippen molar-refractivity contribution in [3.63, 3.8) is 0 Å². The van der Waals surface area contributed by atoms with E-state index in [2.05, 4.69) is 16.5 Å². The van der Waals surface area contributed by atoms with Crippen molar-refractivity contribution in [1.82, 2.24) is 29.5 Å². The van der Waals surface area contributed by atoms with Crippen molar-refractivity contribution in [1.29, 1.82) is 0 Å². The number of amides is 2. The summed E-state index contributed by atoms with van der Waals surface area (Å²) < 4.78 is 7.16. The van der Waals surface area contributed by atoms with Gasteiger partial charge in [-0.1, -0.05) is 24.2 Å². The number of nitrogens with two attached hydrogens (primary N) is 1. The summed E-state index contributed by atoms with van der Waals surface area (Å²) >= 11 is 6.58. The van der Waals surface area contributed by atoms with Crippen LogP contribution in [0.5, 0.6) is 0 Å². The van der Waals surface area contributed by atoms with E-state index in [0.717, 1.165) is 12.8 Å². The molecular weight excluding hydrogens is 470 g/mol. The SMILES string of the molecule is C=CC(=O)N1CCC[C@@H](n2nc(-c3ccc(C(=O)N4CCOCC4)c(Cl)c3)c3c(N)ncnc32)C1. The Kier molecular flexibility index (Phi) is 6.40. The van der Waals surface area contributed by atoms with Crippen LogP contribution in [0.3, 0.4) is 0 Å². The fourth-order valence-electron chi connectivity index (χ4n) is 4.71. The van der Waals surface area contributed by atoms with Gasteiger partial charge in [-0.2, -0.15) is 5.10 Å². The fraction of sp³-hybridized carbons (Fsp3) is 0.375. The van der Waals surface area contributed by atoms with Crippen molar-refractivity contribution in [3.8, 4) is 11.3 Å². The number of nitrogen functional groups attached to an aromatic ring is 1. The molecule has 0 spiro atoms. The van der Waals surface area contributed by atoms with Gasteiger partial charge in [-0.25, -0.2) is 14.6 Å². The van der Waals surface area contributed by atoms with Crippen LogP contribution in [-0.4, -0.2) is 80.8 Å². The number of hydrogen-bond acceptors (Lipinski definition) is 7. The summed E-state index contributed by atoms with van der Waals surface area (Å²) in [7, 11) is 0. The van der Waals surface area contributed by atoms with E-state index < -0.39 is 0 Å². The van der Waals surface area contributed by atoms with Gasteiger partial charge in [0.25, 0.3) is 5.91 Å². The average Bonchev–Trinajstić information content (AvgIpc) is 3.29. The highest BCUT2D eigenvalue weighted by Crippen LogP contribution is 2.35. The Hall–Kier alpha value is -3.50. The molecule has 2 aromatic heterocycles. The lowest BCUT2D eigenvalue weighted by Crippen LogP contribution is -2.40. The molecule has 11 heteroatoms. The third-order valence-electron chi connectivity index (χ3n) is 6.52. The summed E-state index contributed by atoms with van der Waals surface area (Å²) in [5, 5.41) is 5.81. The highest BCUT2D eigenvalue weighted by Gasteiger charge is 2.28. The smallest absolute Gasteiger partial charge is 0.255 e. The number of nitrogens with zero attached hydrogens (tertiary/aromatic N) is 6.